The molecule has 0 spiro atoms. The second kappa shape index (κ2) is 6.47. The van der Waals surface area contributed by atoms with Crippen molar-refractivity contribution in [2.75, 3.05) is 12.4 Å². The van der Waals surface area contributed by atoms with Crippen molar-refractivity contribution in [1.82, 2.24) is 4.98 Å². The number of nitrogens with one attached hydrogen (secondary N) is 1. The summed E-state index contributed by atoms with van der Waals surface area (Å²) in [5.74, 6) is 1.20. The molecule has 0 unspecified atom stereocenters. The Labute approximate surface area is 126 Å². The zero-order valence-electron chi connectivity index (χ0n) is 10.7. The van der Waals surface area contributed by atoms with Crippen LogP contribution in [0.25, 0.3) is 0 Å². The van der Waals surface area contributed by atoms with Gasteiger partial charge >= 0.3 is 0 Å². The van der Waals surface area contributed by atoms with Gasteiger partial charge in [0.05, 0.1) is 18.7 Å². The van der Waals surface area contributed by atoms with Crippen LogP contribution in [0.4, 0.5) is 5.82 Å². The highest BCUT2D eigenvalue weighted by Gasteiger charge is 2.08. The van der Waals surface area contributed by atoms with Crippen LogP contribution in [-0.4, -0.2) is 12.1 Å². The lowest BCUT2D eigenvalue weighted by Gasteiger charge is -2.12. The molecule has 0 bridgehead atoms. The molecular weight excluding hydrogens is 297 g/mol. The molecule has 6 heteroatoms. The van der Waals surface area contributed by atoms with Gasteiger partial charge < -0.3 is 10.1 Å². The first-order valence-electron chi connectivity index (χ1n) is 5.77. The Kier molecular flexibility index (Phi) is 4.67. The van der Waals surface area contributed by atoms with Crippen molar-refractivity contribution < 1.29 is 4.74 Å². The second-order valence-corrected chi connectivity index (χ2v) is 4.74. The van der Waals surface area contributed by atoms with Crippen molar-refractivity contribution in [1.29, 1.82) is 5.26 Å². The number of aromatic nitrogens is 1. The Morgan fingerprint density at radius 3 is 2.85 bits per heavy atom. The third-order valence-electron chi connectivity index (χ3n) is 2.67. The molecule has 2 aromatic rings. The number of nitrogens with zero attached hydrogens (tertiary/aromatic N) is 2. The number of pyridine rings is 1. The van der Waals surface area contributed by atoms with Gasteiger partial charge in [0.25, 0.3) is 0 Å². The van der Waals surface area contributed by atoms with Crippen LogP contribution in [0.1, 0.15) is 11.1 Å². The monoisotopic (exact) mass is 307 g/mol. The fourth-order valence-electron chi connectivity index (χ4n) is 1.73. The van der Waals surface area contributed by atoms with E-state index in [1.54, 1.807) is 19.2 Å². The minimum absolute atomic E-state index is 0.262. The lowest BCUT2D eigenvalue weighted by molar-refractivity contribution is 0.410. The van der Waals surface area contributed by atoms with E-state index in [0.29, 0.717) is 28.7 Å². The lowest BCUT2D eigenvalue weighted by Crippen LogP contribution is -2.04. The van der Waals surface area contributed by atoms with E-state index < -0.39 is 0 Å². The number of halogens is 2. The minimum Gasteiger partial charge on any atom is -0.496 e. The summed E-state index contributed by atoms with van der Waals surface area (Å²) >= 11 is 12.0. The van der Waals surface area contributed by atoms with Crippen molar-refractivity contribution in [2.24, 2.45) is 0 Å². The van der Waals surface area contributed by atoms with Crippen LogP contribution in [0.15, 0.2) is 30.3 Å². The van der Waals surface area contributed by atoms with E-state index in [2.05, 4.69) is 10.3 Å². The first-order valence-corrected chi connectivity index (χ1v) is 6.52. The molecule has 0 saturated heterocycles. The molecule has 0 saturated carbocycles. The van der Waals surface area contributed by atoms with E-state index in [0.717, 1.165) is 5.56 Å². The van der Waals surface area contributed by atoms with Crippen LogP contribution >= 0.6 is 23.2 Å². The quantitative estimate of drug-likeness (QED) is 0.871. The molecule has 102 valence electrons. The molecule has 0 amide bonds. The summed E-state index contributed by atoms with van der Waals surface area (Å²) in [6, 6.07) is 10.6. The number of rotatable bonds is 4. The summed E-state index contributed by atoms with van der Waals surface area (Å²) in [4.78, 5) is 4.10. The van der Waals surface area contributed by atoms with E-state index in [1.165, 1.54) is 6.07 Å². The number of methoxy groups -OCH3 is 1. The maximum atomic E-state index is 8.89. The number of nitriles is 1. The molecular formula is C14H11Cl2N3O. The average Bonchev–Trinajstić information content (AvgIpc) is 2.45. The number of anilines is 1. The number of hydrogen-bond donors (Lipinski definition) is 1. The van der Waals surface area contributed by atoms with Gasteiger partial charge in [-0.05, 0) is 24.3 Å². The van der Waals surface area contributed by atoms with Crippen molar-refractivity contribution in [3.63, 3.8) is 0 Å². The minimum atomic E-state index is 0.262. The number of hydrogen-bond acceptors (Lipinski definition) is 4. The van der Waals surface area contributed by atoms with Gasteiger partial charge in [-0.3, -0.25) is 0 Å². The van der Waals surface area contributed by atoms with E-state index >= 15 is 0 Å². The molecule has 1 aromatic heterocycles. The molecule has 1 N–H and O–H groups in total. The van der Waals surface area contributed by atoms with Gasteiger partial charge in [0, 0.05) is 17.1 Å². The van der Waals surface area contributed by atoms with Crippen LogP contribution in [0, 0.1) is 11.3 Å². The van der Waals surface area contributed by atoms with Gasteiger partial charge in [-0.1, -0.05) is 29.3 Å². The normalized spacial score (nSPS) is 9.90. The van der Waals surface area contributed by atoms with Crippen LogP contribution in [0.5, 0.6) is 5.75 Å². The first kappa shape index (κ1) is 14.4. The fraction of sp³-hybridized carbons (Fsp3) is 0.143. The van der Waals surface area contributed by atoms with Gasteiger partial charge in [0.2, 0.25) is 0 Å². The van der Waals surface area contributed by atoms with Crippen molar-refractivity contribution in [3.05, 3.63) is 51.6 Å². The third-order valence-corrected chi connectivity index (χ3v) is 3.21. The maximum Gasteiger partial charge on any atom is 0.132 e. The first-order chi connectivity index (χ1) is 9.63. The van der Waals surface area contributed by atoms with E-state index in [9.17, 15) is 0 Å². The topological polar surface area (TPSA) is 57.9 Å². The molecule has 0 atom stereocenters. The SMILES string of the molecule is COc1cccc(Cl)c1CNc1cc(C#N)cc(Cl)n1. The summed E-state index contributed by atoms with van der Waals surface area (Å²) in [5.41, 5.74) is 1.26. The summed E-state index contributed by atoms with van der Waals surface area (Å²) in [7, 11) is 1.58. The highest BCUT2D eigenvalue weighted by atomic mass is 35.5. The van der Waals surface area contributed by atoms with E-state index in [1.807, 2.05) is 18.2 Å². The average molecular weight is 308 g/mol. The predicted molar refractivity (Wildman–Crippen MR) is 79.3 cm³/mol. The lowest BCUT2D eigenvalue weighted by atomic mass is 10.2. The van der Waals surface area contributed by atoms with Crippen molar-refractivity contribution in [3.8, 4) is 11.8 Å². The van der Waals surface area contributed by atoms with Crippen LogP contribution in [-0.2, 0) is 6.54 Å². The molecule has 4 nitrogen and oxygen atoms in total. The van der Waals surface area contributed by atoms with E-state index in [-0.39, 0.29) is 5.15 Å². The van der Waals surface area contributed by atoms with Gasteiger partial charge in [0.1, 0.15) is 16.7 Å². The third kappa shape index (κ3) is 3.32. The number of benzene rings is 1. The molecule has 0 radical (unpaired) electrons. The second-order valence-electron chi connectivity index (χ2n) is 3.95. The van der Waals surface area contributed by atoms with Crippen LogP contribution in [0.3, 0.4) is 0 Å². The summed E-state index contributed by atoms with van der Waals surface area (Å²) in [6.45, 7) is 0.418. The Balaban J connectivity index is 2.21. The van der Waals surface area contributed by atoms with Gasteiger partial charge in [-0.25, -0.2) is 4.98 Å². The predicted octanol–water partition coefficient (Wildman–Crippen LogP) is 3.88. The Bertz CT molecular complexity index is 668. The largest absolute Gasteiger partial charge is 0.496 e. The van der Waals surface area contributed by atoms with Gasteiger partial charge in [0.15, 0.2) is 0 Å². The van der Waals surface area contributed by atoms with Crippen LogP contribution < -0.4 is 10.1 Å². The molecule has 0 aliphatic rings. The number of ether oxygens (including phenoxy) is 1. The van der Waals surface area contributed by atoms with E-state index in [4.69, 9.17) is 33.2 Å². The highest BCUT2D eigenvalue weighted by Crippen LogP contribution is 2.27. The molecule has 1 aromatic carbocycles. The van der Waals surface area contributed by atoms with Gasteiger partial charge in [-0.15, -0.1) is 0 Å². The molecule has 20 heavy (non-hydrogen) atoms. The van der Waals surface area contributed by atoms with Crippen molar-refractivity contribution >= 4 is 29.0 Å². The zero-order valence-corrected chi connectivity index (χ0v) is 12.2. The molecule has 1 heterocycles. The molecule has 0 aliphatic heterocycles. The molecule has 0 fully saturated rings. The summed E-state index contributed by atoms with van der Waals surface area (Å²) < 4.78 is 5.26. The Morgan fingerprint density at radius 2 is 2.15 bits per heavy atom. The zero-order chi connectivity index (χ0) is 14.5. The Hall–Kier alpha value is -1.96. The standard InChI is InChI=1S/C14H11Cl2N3O/c1-20-12-4-2-3-11(15)10(12)8-18-14-6-9(7-17)5-13(16)19-14/h2-6H,8H2,1H3,(H,18,19). The fourth-order valence-corrected chi connectivity index (χ4v) is 2.17. The van der Waals surface area contributed by atoms with Crippen molar-refractivity contribution in [2.45, 2.75) is 6.54 Å². The maximum absolute atomic E-state index is 8.89. The summed E-state index contributed by atoms with van der Waals surface area (Å²) in [6.07, 6.45) is 0. The summed E-state index contributed by atoms with van der Waals surface area (Å²) in [5, 5.41) is 12.8. The molecule has 0 aliphatic carbocycles. The smallest absolute Gasteiger partial charge is 0.132 e. The molecule has 2 rings (SSSR count). The van der Waals surface area contributed by atoms with Crippen LogP contribution in [0.2, 0.25) is 10.2 Å². The Morgan fingerprint density at radius 1 is 1.35 bits per heavy atom. The van der Waals surface area contributed by atoms with Gasteiger partial charge in [-0.2, -0.15) is 5.26 Å². The highest BCUT2D eigenvalue weighted by molar-refractivity contribution is 6.31.